The van der Waals surface area contributed by atoms with Crippen molar-refractivity contribution >= 4 is 17.4 Å². The van der Waals surface area contributed by atoms with Gasteiger partial charge in [0.05, 0.1) is 12.2 Å². The second-order valence-corrected chi connectivity index (χ2v) is 5.69. The Kier molecular flexibility index (Phi) is 4.29. The van der Waals surface area contributed by atoms with Crippen molar-refractivity contribution in [2.24, 2.45) is 0 Å². The Morgan fingerprint density at radius 1 is 1.14 bits per heavy atom. The molecule has 2 aliphatic heterocycles. The van der Waals surface area contributed by atoms with E-state index in [9.17, 15) is 9.59 Å². The minimum atomic E-state index is -0.119. The molecule has 2 heterocycles. The van der Waals surface area contributed by atoms with Gasteiger partial charge in [0.25, 0.3) is 0 Å². The summed E-state index contributed by atoms with van der Waals surface area (Å²) in [5.74, 6) is 0.868. The molecule has 6 nitrogen and oxygen atoms in total. The number of benzene rings is 1. The molecule has 0 atom stereocenters. The van der Waals surface area contributed by atoms with Gasteiger partial charge < -0.3 is 14.8 Å². The van der Waals surface area contributed by atoms with Crippen LogP contribution in [0.4, 0.5) is 5.69 Å². The van der Waals surface area contributed by atoms with E-state index in [1.807, 2.05) is 0 Å². The molecule has 0 saturated carbocycles. The predicted molar refractivity (Wildman–Crippen MR) is 81.5 cm³/mol. The van der Waals surface area contributed by atoms with Crippen molar-refractivity contribution < 1.29 is 19.1 Å². The maximum absolute atomic E-state index is 12.2. The number of nitrogens with one attached hydrogen (secondary N) is 1. The van der Waals surface area contributed by atoms with Crippen LogP contribution in [0.15, 0.2) is 12.1 Å². The SMILES string of the molecule is CC(=O)c1cc2c(cc1NC(=O)CN1CCCCC1)OCO2. The Morgan fingerprint density at radius 3 is 2.50 bits per heavy atom. The van der Waals surface area contributed by atoms with Gasteiger partial charge in [-0.1, -0.05) is 6.42 Å². The number of hydrogen-bond acceptors (Lipinski definition) is 5. The molecule has 0 aliphatic carbocycles. The highest BCUT2D eigenvalue weighted by molar-refractivity contribution is 6.05. The summed E-state index contributed by atoms with van der Waals surface area (Å²) < 4.78 is 10.6. The number of nitrogens with zero attached hydrogens (tertiary/aromatic N) is 1. The Morgan fingerprint density at radius 2 is 1.82 bits per heavy atom. The van der Waals surface area contributed by atoms with Crippen molar-refractivity contribution in [3.63, 3.8) is 0 Å². The lowest BCUT2D eigenvalue weighted by Gasteiger charge is -2.25. The zero-order valence-electron chi connectivity index (χ0n) is 12.7. The van der Waals surface area contributed by atoms with Crippen molar-refractivity contribution in [3.05, 3.63) is 17.7 Å². The summed E-state index contributed by atoms with van der Waals surface area (Å²) in [6.45, 7) is 3.86. The van der Waals surface area contributed by atoms with Crippen molar-refractivity contribution in [1.29, 1.82) is 0 Å². The van der Waals surface area contributed by atoms with Gasteiger partial charge in [-0.05, 0) is 38.9 Å². The first kappa shape index (κ1) is 14.8. The molecular weight excluding hydrogens is 284 g/mol. The Labute approximate surface area is 129 Å². The molecule has 0 aromatic heterocycles. The molecule has 0 spiro atoms. The maximum atomic E-state index is 12.2. The molecule has 1 aromatic rings. The second kappa shape index (κ2) is 6.36. The minimum absolute atomic E-state index is 0.108. The van der Waals surface area contributed by atoms with Crippen molar-refractivity contribution in [2.75, 3.05) is 31.7 Å². The van der Waals surface area contributed by atoms with Crippen LogP contribution in [-0.2, 0) is 4.79 Å². The number of carbonyl (C=O) groups is 2. The number of rotatable bonds is 4. The van der Waals surface area contributed by atoms with Crippen LogP contribution in [0, 0.1) is 0 Å². The number of Topliss-reactive ketones (excluding diaryl/α,β-unsaturated/α-hetero) is 1. The highest BCUT2D eigenvalue weighted by Crippen LogP contribution is 2.37. The van der Waals surface area contributed by atoms with E-state index in [0.29, 0.717) is 29.3 Å². The molecule has 1 saturated heterocycles. The molecule has 1 fully saturated rings. The normalized spacial score (nSPS) is 17.3. The molecule has 1 amide bonds. The van der Waals surface area contributed by atoms with E-state index in [2.05, 4.69) is 10.2 Å². The summed E-state index contributed by atoms with van der Waals surface area (Å²) in [6, 6.07) is 3.29. The van der Waals surface area contributed by atoms with E-state index in [-0.39, 0.29) is 18.5 Å². The van der Waals surface area contributed by atoms with E-state index >= 15 is 0 Å². The first-order valence-electron chi connectivity index (χ1n) is 7.60. The average molecular weight is 304 g/mol. The fraction of sp³-hybridized carbons (Fsp3) is 0.500. The van der Waals surface area contributed by atoms with Gasteiger partial charge in [0.1, 0.15) is 0 Å². The second-order valence-electron chi connectivity index (χ2n) is 5.69. The summed E-state index contributed by atoms with van der Waals surface area (Å²) in [7, 11) is 0. The van der Waals surface area contributed by atoms with Gasteiger partial charge in [-0.15, -0.1) is 0 Å². The quantitative estimate of drug-likeness (QED) is 0.862. The van der Waals surface area contributed by atoms with Gasteiger partial charge >= 0.3 is 0 Å². The number of amides is 1. The first-order chi connectivity index (χ1) is 10.6. The summed E-state index contributed by atoms with van der Waals surface area (Å²) in [5.41, 5.74) is 0.926. The number of hydrogen-bond donors (Lipinski definition) is 1. The number of fused-ring (bicyclic) bond motifs is 1. The lowest BCUT2D eigenvalue weighted by atomic mass is 10.1. The Bertz CT molecular complexity index is 594. The molecule has 1 N–H and O–H groups in total. The number of ketones is 1. The van der Waals surface area contributed by atoms with Crippen LogP contribution in [0.1, 0.15) is 36.5 Å². The number of likely N-dealkylation sites (tertiary alicyclic amines) is 1. The van der Waals surface area contributed by atoms with Crippen LogP contribution in [0.5, 0.6) is 11.5 Å². The molecule has 22 heavy (non-hydrogen) atoms. The van der Waals surface area contributed by atoms with E-state index in [1.165, 1.54) is 13.3 Å². The molecular formula is C16H20N2O4. The minimum Gasteiger partial charge on any atom is -0.454 e. The number of ether oxygens (including phenoxy) is 2. The van der Waals surface area contributed by atoms with Gasteiger partial charge in [-0.25, -0.2) is 0 Å². The third kappa shape index (κ3) is 3.22. The van der Waals surface area contributed by atoms with E-state index in [4.69, 9.17) is 9.47 Å². The number of carbonyl (C=O) groups excluding carboxylic acids is 2. The third-order valence-electron chi connectivity index (χ3n) is 3.98. The van der Waals surface area contributed by atoms with Crippen LogP contribution in [0.3, 0.4) is 0 Å². The highest BCUT2D eigenvalue weighted by atomic mass is 16.7. The topological polar surface area (TPSA) is 67.9 Å². The van der Waals surface area contributed by atoms with Crippen molar-refractivity contribution in [1.82, 2.24) is 4.90 Å². The largest absolute Gasteiger partial charge is 0.454 e. The van der Waals surface area contributed by atoms with Crippen LogP contribution in [0.2, 0.25) is 0 Å². The van der Waals surface area contributed by atoms with Gasteiger partial charge in [0.2, 0.25) is 12.7 Å². The summed E-state index contributed by atoms with van der Waals surface area (Å²) in [5, 5.41) is 2.83. The fourth-order valence-electron chi connectivity index (χ4n) is 2.85. The van der Waals surface area contributed by atoms with E-state index < -0.39 is 0 Å². The molecule has 3 rings (SSSR count). The summed E-state index contributed by atoms with van der Waals surface area (Å²) in [6.07, 6.45) is 3.50. The molecule has 0 unspecified atom stereocenters. The zero-order chi connectivity index (χ0) is 15.5. The smallest absolute Gasteiger partial charge is 0.238 e. The summed E-state index contributed by atoms with van der Waals surface area (Å²) >= 11 is 0. The predicted octanol–water partition coefficient (Wildman–Crippen LogP) is 2.04. The van der Waals surface area contributed by atoms with Crippen molar-refractivity contribution in [2.45, 2.75) is 26.2 Å². The lowest BCUT2D eigenvalue weighted by Crippen LogP contribution is -2.37. The highest BCUT2D eigenvalue weighted by Gasteiger charge is 2.21. The molecule has 0 radical (unpaired) electrons. The first-order valence-corrected chi connectivity index (χ1v) is 7.60. The van der Waals surface area contributed by atoms with E-state index in [0.717, 1.165) is 25.9 Å². The molecule has 2 aliphatic rings. The van der Waals surface area contributed by atoms with Gasteiger partial charge in [-0.2, -0.15) is 0 Å². The Hall–Kier alpha value is -2.08. The Balaban J connectivity index is 1.73. The van der Waals surface area contributed by atoms with Gasteiger partial charge in [0.15, 0.2) is 17.3 Å². The average Bonchev–Trinajstić information content (AvgIpc) is 2.94. The summed E-state index contributed by atoms with van der Waals surface area (Å²) in [4.78, 5) is 26.1. The molecule has 118 valence electrons. The number of anilines is 1. The molecule has 0 bridgehead atoms. The van der Waals surface area contributed by atoms with E-state index in [1.54, 1.807) is 12.1 Å². The maximum Gasteiger partial charge on any atom is 0.238 e. The van der Waals surface area contributed by atoms with Gasteiger partial charge in [-0.3, -0.25) is 14.5 Å². The van der Waals surface area contributed by atoms with Crippen LogP contribution < -0.4 is 14.8 Å². The standard InChI is InChI=1S/C16H20N2O4/c1-11(19)12-7-14-15(22-10-21-14)8-13(12)17-16(20)9-18-5-3-2-4-6-18/h7-8H,2-6,9-10H2,1H3,(H,17,20). The monoisotopic (exact) mass is 304 g/mol. The van der Waals surface area contributed by atoms with Crippen LogP contribution >= 0.6 is 0 Å². The lowest BCUT2D eigenvalue weighted by molar-refractivity contribution is -0.117. The number of piperidine rings is 1. The third-order valence-corrected chi connectivity index (χ3v) is 3.98. The molecule has 1 aromatic carbocycles. The fourth-order valence-corrected chi connectivity index (χ4v) is 2.85. The molecule has 6 heteroatoms. The van der Waals surface area contributed by atoms with Crippen LogP contribution in [-0.4, -0.2) is 43.0 Å². The van der Waals surface area contributed by atoms with Gasteiger partial charge in [0, 0.05) is 11.6 Å². The van der Waals surface area contributed by atoms with Crippen molar-refractivity contribution in [3.8, 4) is 11.5 Å². The van der Waals surface area contributed by atoms with Crippen LogP contribution in [0.25, 0.3) is 0 Å². The zero-order valence-corrected chi connectivity index (χ0v) is 12.7.